The van der Waals surface area contributed by atoms with Gasteiger partial charge in [-0.05, 0) is 48.4 Å². The quantitative estimate of drug-likeness (QED) is 0.927. The summed E-state index contributed by atoms with van der Waals surface area (Å²) in [4.78, 5) is 14.3. The van der Waals surface area contributed by atoms with Crippen molar-refractivity contribution in [3.8, 4) is 6.07 Å². The zero-order valence-corrected chi connectivity index (χ0v) is 12.3. The minimum atomic E-state index is -0.604. The highest BCUT2D eigenvalue weighted by Crippen LogP contribution is 2.33. The van der Waals surface area contributed by atoms with Crippen molar-refractivity contribution >= 4 is 5.91 Å². The van der Waals surface area contributed by atoms with Crippen LogP contribution in [-0.2, 0) is 0 Å². The second kappa shape index (κ2) is 6.19. The normalized spacial score (nSPS) is 20.3. The van der Waals surface area contributed by atoms with E-state index in [-0.39, 0.29) is 24.3 Å². The maximum Gasteiger partial charge on any atom is 0.254 e. The molecular formula is C18H15FN2O2. The molecule has 5 heteroatoms. The molecule has 1 aliphatic heterocycles. The number of hydrogen-bond acceptors (Lipinski definition) is 3. The highest BCUT2D eigenvalue weighted by molar-refractivity contribution is 5.94. The number of aliphatic hydroxyl groups is 1. The van der Waals surface area contributed by atoms with E-state index in [0.717, 1.165) is 5.56 Å². The first-order valence-corrected chi connectivity index (χ1v) is 7.33. The van der Waals surface area contributed by atoms with E-state index in [0.29, 0.717) is 17.5 Å². The van der Waals surface area contributed by atoms with E-state index in [9.17, 15) is 14.3 Å². The molecule has 3 rings (SSSR count). The van der Waals surface area contributed by atoms with E-state index < -0.39 is 6.10 Å². The Labute approximate surface area is 133 Å². The Hall–Kier alpha value is -2.71. The molecule has 2 aromatic rings. The number of β-amino-alcohol motifs (C(OH)–C–C–N with tert-alkyl or cyclic N) is 1. The van der Waals surface area contributed by atoms with Crippen LogP contribution in [0.15, 0.2) is 48.5 Å². The van der Waals surface area contributed by atoms with E-state index in [2.05, 4.69) is 0 Å². The molecule has 0 radical (unpaired) electrons. The number of nitrogens with zero attached hydrogens (tertiary/aromatic N) is 2. The van der Waals surface area contributed by atoms with Gasteiger partial charge in [0.05, 0.1) is 23.8 Å². The third kappa shape index (κ3) is 3.08. The van der Waals surface area contributed by atoms with Crippen molar-refractivity contribution in [1.82, 2.24) is 4.90 Å². The van der Waals surface area contributed by atoms with Crippen LogP contribution in [0.4, 0.5) is 4.39 Å². The van der Waals surface area contributed by atoms with E-state index >= 15 is 0 Å². The number of rotatable bonds is 2. The van der Waals surface area contributed by atoms with E-state index in [1.807, 2.05) is 6.07 Å². The Morgan fingerprint density at radius 1 is 1.17 bits per heavy atom. The summed E-state index contributed by atoms with van der Waals surface area (Å²) in [6.07, 6.45) is -0.180. The number of carbonyl (C=O) groups is 1. The second-order valence-electron chi connectivity index (χ2n) is 5.60. The predicted octanol–water partition coefficient (Wildman–Crippen LogP) is 2.65. The Morgan fingerprint density at radius 2 is 1.83 bits per heavy atom. The Kier molecular flexibility index (Phi) is 4.09. The summed E-state index contributed by atoms with van der Waals surface area (Å²) in [6.45, 7) is 0.237. The van der Waals surface area contributed by atoms with Crippen LogP contribution < -0.4 is 0 Å². The van der Waals surface area contributed by atoms with Crippen LogP contribution in [0.3, 0.4) is 0 Å². The molecule has 0 bridgehead atoms. The average Bonchev–Trinajstić information content (AvgIpc) is 2.97. The van der Waals surface area contributed by atoms with Crippen molar-refractivity contribution < 1.29 is 14.3 Å². The highest BCUT2D eigenvalue weighted by atomic mass is 19.1. The molecule has 0 saturated carbocycles. The summed E-state index contributed by atoms with van der Waals surface area (Å²) in [7, 11) is 0. The standard InChI is InChI=1S/C18H15FN2O2/c19-15-7-5-13(6-8-15)17-9-16(22)11-21(17)18(23)14-3-1-12(10-20)2-4-14/h1-8,16-17,22H,9,11H2/t16-,17+/m0/s1. The van der Waals surface area contributed by atoms with Crippen molar-refractivity contribution in [2.24, 2.45) is 0 Å². The van der Waals surface area contributed by atoms with Crippen molar-refractivity contribution in [2.75, 3.05) is 6.54 Å². The molecule has 1 saturated heterocycles. The van der Waals surface area contributed by atoms with Crippen LogP contribution in [-0.4, -0.2) is 28.6 Å². The van der Waals surface area contributed by atoms with Crippen LogP contribution in [0, 0.1) is 17.1 Å². The Balaban J connectivity index is 1.87. The fraction of sp³-hybridized carbons (Fsp3) is 0.222. The van der Waals surface area contributed by atoms with Gasteiger partial charge in [-0.25, -0.2) is 4.39 Å². The first-order chi connectivity index (χ1) is 11.1. The van der Waals surface area contributed by atoms with Gasteiger partial charge in [-0.3, -0.25) is 4.79 Å². The first kappa shape index (κ1) is 15.2. The van der Waals surface area contributed by atoms with Gasteiger partial charge in [-0.15, -0.1) is 0 Å². The highest BCUT2D eigenvalue weighted by Gasteiger charge is 2.35. The first-order valence-electron chi connectivity index (χ1n) is 7.33. The third-order valence-corrected chi connectivity index (χ3v) is 4.06. The van der Waals surface area contributed by atoms with Gasteiger partial charge < -0.3 is 10.0 Å². The van der Waals surface area contributed by atoms with E-state index in [1.54, 1.807) is 41.3 Å². The smallest absolute Gasteiger partial charge is 0.254 e. The largest absolute Gasteiger partial charge is 0.391 e. The monoisotopic (exact) mass is 310 g/mol. The number of halogens is 1. The molecule has 23 heavy (non-hydrogen) atoms. The van der Waals surface area contributed by atoms with Gasteiger partial charge in [0.15, 0.2) is 0 Å². The van der Waals surface area contributed by atoms with Gasteiger partial charge in [0.1, 0.15) is 5.82 Å². The number of carbonyl (C=O) groups excluding carboxylic acids is 1. The summed E-state index contributed by atoms with van der Waals surface area (Å²) in [5.74, 6) is -0.544. The summed E-state index contributed by atoms with van der Waals surface area (Å²) in [6, 6.07) is 14.1. The van der Waals surface area contributed by atoms with Crippen LogP contribution in [0.1, 0.15) is 33.9 Å². The summed E-state index contributed by atoms with van der Waals surface area (Å²) in [5.41, 5.74) is 1.74. The third-order valence-electron chi connectivity index (χ3n) is 4.06. The number of nitriles is 1. The Bertz CT molecular complexity index is 750. The average molecular weight is 310 g/mol. The lowest BCUT2D eigenvalue weighted by atomic mass is 10.0. The molecule has 0 unspecified atom stereocenters. The molecule has 0 aromatic heterocycles. The van der Waals surface area contributed by atoms with Crippen LogP contribution >= 0.6 is 0 Å². The predicted molar refractivity (Wildman–Crippen MR) is 82.0 cm³/mol. The molecule has 1 fully saturated rings. The van der Waals surface area contributed by atoms with Gasteiger partial charge in [-0.1, -0.05) is 12.1 Å². The van der Waals surface area contributed by atoms with Crippen LogP contribution in [0.25, 0.3) is 0 Å². The van der Waals surface area contributed by atoms with Gasteiger partial charge in [-0.2, -0.15) is 5.26 Å². The molecule has 1 amide bonds. The van der Waals surface area contributed by atoms with Crippen LogP contribution in [0.2, 0.25) is 0 Å². The lowest BCUT2D eigenvalue weighted by Gasteiger charge is -2.25. The maximum absolute atomic E-state index is 13.1. The van der Waals surface area contributed by atoms with E-state index in [1.165, 1.54) is 12.1 Å². The summed E-state index contributed by atoms with van der Waals surface area (Å²) >= 11 is 0. The zero-order chi connectivity index (χ0) is 16.4. The van der Waals surface area contributed by atoms with Gasteiger partial charge >= 0.3 is 0 Å². The molecule has 1 N–H and O–H groups in total. The number of aliphatic hydroxyl groups excluding tert-OH is 1. The second-order valence-corrected chi connectivity index (χ2v) is 5.60. The minimum absolute atomic E-state index is 0.208. The number of amides is 1. The number of likely N-dealkylation sites (tertiary alicyclic amines) is 1. The molecular weight excluding hydrogens is 295 g/mol. The number of hydrogen-bond donors (Lipinski definition) is 1. The van der Waals surface area contributed by atoms with Crippen molar-refractivity contribution in [2.45, 2.75) is 18.6 Å². The van der Waals surface area contributed by atoms with Gasteiger partial charge in [0.2, 0.25) is 0 Å². The fourth-order valence-electron chi connectivity index (χ4n) is 2.89. The molecule has 0 aliphatic carbocycles. The molecule has 1 aliphatic rings. The van der Waals surface area contributed by atoms with Crippen molar-refractivity contribution in [3.05, 3.63) is 71.0 Å². The van der Waals surface area contributed by atoms with Crippen molar-refractivity contribution in [1.29, 1.82) is 5.26 Å². The maximum atomic E-state index is 13.1. The minimum Gasteiger partial charge on any atom is -0.391 e. The lowest BCUT2D eigenvalue weighted by molar-refractivity contribution is 0.0716. The van der Waals surface area contributed by atoms with E-state index in [4.69, 9.17) is 5.26 Å². The van der Waals surface area contributed by atoms with Crippen LogP contribution in [0.5, 0.6) is 0 Å². The zero-order valence-electron chi connectivity index (χ0n) is 12.3. The molecule has 4 nitrogen and oxygen atoms in total. The summed E-state index contributed by atoms with van der Waals surface area (Å²) < 4.78 is 13.1. The molecule has 116 valence electrons. The molecule has 2 aromatic carbocycles. The summed E-state index contributed by atoms with van der Waals surface area (Å²) in [5, 5.41) is 18.8. The molecule has 2 atom stereocenters. The van der Waals surface area contributed by atoms with Gasteiger partial charge in [0.25, 0.3) is 5.91 Å². The topological polar surface area (TPSA) is 64.3 Å². The number of benzene rings is 2. The Morgan fingerprint density at radius 3 is 2.43 bits per heavy atom. The van der Waals surface area contributed by atoms with Crippen molar-refractivity contribution in [3.63, 3.8) is 0 Å². The fourth-order valence-corrected chi connectivity index (χ4v) is 2.89. The lowest BCUT2D eigenvalue weighted by Crippen LogP contribution is -2.31. The van der Waals surface area contributed by atoms with Gasteiger partial charge in [0, 0.05) is 12.1 Å². The molecule has 0 spiro atoms. The SMILES string of the molecule is N#Cc1ccc(C(=O)N2C[C@@H](O)C[C@@H]2c2ccc(F)cc2)cc1. The molecule has 1 heterocycles.